The largest absolute Gasteiger partial charge is 0.494 e. The number of benzene rings is 1. The van der Waals surface area contributed by atoms with E-state index in [-0.39, 0.29) is 12.5 Å². The summed E-state index contributed by atoms with van der Waals surface area (Å²) in [5.41, 5.74) is -0.545. The minimum Gasteiger partial charge on any atom is -0.494 e. The predicted octanol–water partition coefficient (Wildman–Crippen LogP) is 2.74. The van der Waals surface area contributed by atoms with Crippen LogP contribution in [0.5, 0.6) is 11.5 Å². The topological polar surface area (TPSA) is 86.5 Å². The van der Waals surface area contributed by atoms with Crippen molar-refractivity contribution in [3.05, 3.63) is 36.0 Å². The van der Waals surface area contributed by atoms with E-state index < -0.39 is 5.54 Å². The van der Waals surface area contributed by atoms with Gasteiger partial charge in [0.2, 0.25) is 5.89 Å². The summed E-state index contributed by atoms with van der Waals surface area (Å²) in [6.07, 6.45) is 3.66. The van der Waals surface area contributed by atoms with Gasteiger partial charge in [0.25, 0.3) is 5.91 Å². The fourth-order valence-corrected chi connectivity index (χ4v) is 3.13. The van der Waals surface area contributed by atoms with Crippen molar-refractivity contribution in [1.82, 2.24) is 15.5 Å². The van der Waals surface area contributed by atoms with Gasteiger partial charge in [-0.05, 0) is 44.0 Å². The lowest BCUT2D eigenvalue weighted by molar-refractivity contribution is -0.125. The van der Waals surface area contributed by atoms with Crippen molar-refractivity contribution in [1.29, 1.82) is 0 Å². The fourth-order valence-electron chi connectivity index (χ4n) is 3.13. The maximum atomic E-state index is 12.4. The third-order valence-corrected chi connectivity index (χ3v) is 4.30. The fraction of sp³-hybridized carbons (Fsp3) is 0.500. The number of rotatable bonds is 7. The lowest BCUT2D eigenvalue weighted by Gasteiger charge is -2.26. The molecule has 2 aromatic rings. The van der Waals surface area contributed by atoms with Crippen LogP contribution in [-0.2, 0) is 10.3 Å². The summed E-state index contributed by atoms with van der Waals surface area (Å²) in [4.78, 5) is 16.7. The Labute approximate surface area is 146 Å². The Morgan fingerprint density at radius 2 is 1.84 bits per heavy atom. The maximum absolute atomic E-state index is 12.4. The van der Waals surface area contributed by atoms with Crippen LogP contribution in [0, 0.1) is 6.92 Å². The van der Waals surface area contributed by atoms with E-state index in [1.54, 1.807) is 19.1 Å². The van der Waals surface area contributed by atoms with Crippen molar-refractivity contribution >= 4 is 5.91 Å². The van der Waals surface area contributed by atoms with Crippen molar-refractivity contribution in [2.75, 3.05) is 13.2 Å². The van der Waals surface area contributed by atoms with Gasteiger partial charge in [-0.2, -0.15) is 4.98 Å². The van der Waals surface area contributed by atoms with Crippen LogP contribution in [0.25, 0.3) is 0 Å². The first-order valence-corrected chi connectivity index (χ1v) is 8.59. The second kappa shape index (κ2) is 7.55. The standard InChI is InChI=1S/C18H23N3O4/c1-3-23-14-6-8-15(9-7-14)24-12-16(22)20-18(10-4-5-11-18)17-19-13(2)25-21-17/h6-9H,3-5,10-12H2,1-2H3,(H,20,22). The molecule has 1 N–H and O–H groups in total. The smallest absolute Gasteiger partial charge is 0.258 e. The van der Waals surface area contributed by atoms with E-state index in [0.717, 1.165) is 31.4 Å². The lowest BCUT2D eigenvalue weighted by Crippen LogP contribution is -2.46. The number of aromatic nitrogens is 2. The van der Waals surface area contributed by atoms with Crippen LogP contribution in [0.4, 0.5) is 0 Å². The van der Waals surface area contributed by atoms with Crippen molar-refractivity contribution in [2.24, 2.45) is 0 Å². The average Bonchev–Trinajstić information content (AvgIpc) is 3.24. The molecule has 0 radical (unpaired) electrons. The van der Waals surface area contributed by atoms with Crippen molar-refractivity contribution in [3.8, 4) is 11.5 Å². The van der Waals surface area contributed by atoms with Gasteiger partial charge in [-0.15, -0.1) is 0 Å². The second-order valence-electron chi connectivity index (χ2n) is 6.17. The highest BCUT2D eigenvalue weighted by atomic mass is 16.5. The summed E-state index contributed by atoms with van der Waals surface area (Å²) in [6.45, 7) is 4.22. The van der Waals surface area contributed by atoms with Gasteiger partial charge in [-0.25, -0.2) is 0 Å². The second-order valence-corrected chi connectivity index (χ2v) is 6.17. The van der Waals surface area contributed by atoms with E-state index in [4.69, 9.17) is 14.0 Å². The SMILES string of the molecule is CCOc1ccc(OCC(=O)NC2(c3noc(C)n3)CCCC2)cc1. The van der Waals surface area contributed by atoms with Crippen LogP contribution < -0.4 is 14.8 Å². The van der Waals surface area contributed by atoms with E-state index >= 15 is 0 Å². The predicted molar refractivity (Wildman–Crippen MR) is 90.4 cm³/mol. The summed E-state index contributed by atoms with van der Waals surface area (Å²) in [6, 6.07) is 7.20. The van der Waals surface area contributed by atoms with Crippen LogP contribution in [0.1, 0.15) is 44.3 Å². The van der Waals surface area contributed by atoms with Gasteiger partial charge in [-0.3, -0.25) is 4.79 Å². The summed E-state index contributed by atoms with van der Waals surface area (Å²) in [5, 5.41) is 7.06. The van der Waals surface area contributed by atoms with E-state index in [9.17, 15) is 4.79 Å². The van der Waals surface area contributed by atoms with Crippen molar-refractivity contribution < 1.29 is 18.8 Å². The third-order valence-electron chi connectivity index (χ3n) is 4.30. The Hall–Kier alpha value is -2.57. The molecule has 7 heteroatoms. The zero-order valence-electron chi connectivity index (χ0n) is 14.6. The monoisotopic (exact) mass is 345 g/mol. The molecule has 0 spiro atoms. The first-order valence-electron chi connectivity index (χ1n) is 8.59. The molecule has 1 aliphatic rings. The number of hydrogen-bond acceptors (Lipinski definition) is 6. The number of amides is 1. The lowest BCUT2D eigenvalue weighted by atomic mass is 9.96. The molecule has 0 saturated heterocycles. The molecule has 0 aliphatic heterocycles. The van der Waals surface area contributed by atoms with Crippen LogP contribution in [0.2, 0.25) is 0 Å². The van der Waals surface area contributed by atoms with E-state index in [0.29, 0.717) is 24.1 Å². The van der Waals surface area contributed by atoms with Crippen LogP contribution >= 0.6 is 0 Å². The molecule has 1 fully saturated rings. The van der Waals surface area contributed by atoms with Crippen LogP contribution in [-0.4, -0.2) is 29.3 Å². The Kier molecular flexibility index (Phi) is 5.21. The van der Waals surface area contributed by atoms with Gasteiger partial charge in [0.1, 0.15) is 17.0 Å². The summed E-state index contributed by atoms with van der Waals surface area (Å²) < 4.78 is 16.0. The Balaban J connectivity index is 1.59. The number of ether oxygens (including phenoxy) is 2. The zero-order valence-corrected chi connectivity index (χ0v) is 14.6. The molecular formula is C18H23N3O4. The number of carbonyl (C=O) groups is 1. The highest BCUT2D eigenvalue weighted by molar-refractivity contribution is 5.78. The Bertz CT molecular complexity index is 705. The summed E-state index contributed by atoms with van der Waals surface area (Å²) in [7, 11) is 0. The van der Waals surface area contributed by atoms with Crippen LogP contribution in [0.3, 0.4) is 0 Å². The highest BCUT2D eigenvalue weighted by Crippen LogP contribution is 2.37. The first-order chi connectivity index (χ1) is 12.1. The van der Waals surface area contributed by atoms with Crippen molar-refractivity contribution in [3.63, 3.8) is 0 Å². The number of nitrogens with one attached hydrogen (secondary N) is 1. The van der Waals surface area contributed by atoms with Gasteiger partial charge in [0.15, 0.2) is 12.4 Å². The number of carbonyl (C=O) groups excluding carboxylic acids is 1. The molecule has 1 aromatic carbocycles. The maximum Gasteiger partial charge on any atom is 0.258 e. The molecule has 1 aliphatic carbocycles. The Morgan fingerprint density at radius 1 is 1.20 bits per heavy atom. The van der Waals surface area contributed by atoms with Gasteiger partial charge >= 0.3 is 0 Å². The van der Waals surface area contributed by atoms with Gasteiger partial charge in [0, 0.05) is 6.92 Å². The van der Waals surface area contributed by atoms with Crippen LogP contribution in [0.15, 0.2) is 28.8 Å². The molecule has 0 unspecified atom stereocenters. The molecule has 1 saturated carbocycles. The molecule has 0 bridgehead atoms. The number of aryl methyl sites for hydroxylation is 1. The normalized spacial score (nSPS) is 15.8. The van der Waals surface area contributed by atoms with E-state index in [1.165, 1.54) is 0 Å². The first kappa shape index (κ1) is 17.3. The molecule has 1 aromatic heterocycles. The zero-order chi connectivity index (χ0) is 17.7. The molecular weight excluding hydrogens is 322 g/mol. The van der Waals surface area contributed by atoms with E-state index in [1.807, 2.05) is 19.1 Å². The molecule has 1 amide bonds. The molecule has 3 rings (SSSR count). The highest BCUT2D eigenvalue weighted by Gasteiger charge is 2.41. The molecule has 7 nitrogen and oxygen atoms in total. The third kappa shape index (κ3) is 4.10. The van der Waals surface area contributed by atoms with Crippen molar-refractivity contribution in [2.45, 2.75) is 45.1 Å². The number of nitrogens with zero attached hydrogens (tertiary/aromatic N) is 2. The summed E-state index contributed by atoms with van der Waals surface area (Å²) in [5.74, 6) is 2.25. The average molecular weight is 345 g/mol. The van der Waals surface area contributed by atoms with E-state index in [2.05, 4.69) is 15.5 Å². The molecule has 1 heterocycles. The minimum atomic E-state index is -0.545. The molecule has 0 atom stereocenters. The summed E-state index contributed by atoms with van der Waals surface area (Å²) >= 11 is 0. The van der Waals surface area contributed by atoms with Gasteiger partial charge in [0.05, 0.1) is 6.61 Å². The molecule has 134 valence electrons. The van der Waals surface area contributed by atoms with Gasteiger partial charge < -0.3 is 19.3 Å². The quantitative estimate of drug-likeness (QED) is 0.830. The number of hydrogen-bond donors (Lipinski definition) is 1. The minimum absolute atomic E-state index is 0.0629. The Morgan fingerprint density at radius 3 is 2.40 bits per heavy atom. The molecule has 25 heavy (non-hydrogen) atoms. The van der Waals surface area contributed by atoms with Gasteiger partial charge in [-0.1, -0.05) is 18.0 Å².